The molecule has 0 aliphatic rings. The van der Waals surface area contributed by atoms with E-state index in [0.29, 0.717) is 22.7 Å². The number of pyridine rings is 1. The van der Waals surface area contributed by atoms with Crippen LogP contribution in [0.5, 0.6) is 0 Å². The zero-order valence-corrected chi connectivity index (χ0v) is 14.3. The molecule has 1 heterocycles. The van der Waals surface area contributed by atoms with Gasteiger partial charge >= 0.3 is 15.9 Å². The Morgan fingerprint density at radius 3 is 2.20 bits per heavy atom. The average molecular weight is 402 g/mol. The number of aromatic nitrogens is 1. The van der Waals surface area contributed by atoms with Gasteiger partial charge in [0, 0.05) is 11.8 Å². The van der Waals surface area contributed by atoms with E-state index in [2.05, 4.69) is 9.82 Å². The van der Waals surface area contributed by atoms with Crippen LogP contribution in [0.4, 0.5) is 30.9 Å². The van der Waals surface area contributed by atoms with Gasteiger partial charge in [0.2, 0.25) is 5.82 Å². The van der Waals surface area contributed by atoms with Crippen LogP contribution < -0.4 is 5.73 Å². The van der Waals surface area contributed by atoms with Crippen LogP contribution in [0.25, 0.3) is 0 Å². The highest BCUT2D eigenvalue weighted by Gasteiger charge is 2.65. The third kappa shape index (κ3) is 4.95. The molecule has 0 unspecified atom stereocenters. The van der Waals surface area contributed by atoms with E-state index in [1.807, 2.05) is 0 Å². The number of benzene rings is 1. The molecule has 0 amide bonds. The molecule has 0 aliphatic carbocycles. The van der Waals surface area contributed by atoms with Crippen molar-refractivity contribution in [3.63, 3.8) is 0 Å². The van der Waals surface area contributed by atoms with Crippen LogP contribution in [-0.4, -0.2) is 17.0 Å². The molecular formula is C13H13F5N3O2S2+. The average Bonchev–Trinajstić information content (AvgIpc) is 2.50. The number of halogens is 5. The van der Waals surface area contributed by atoms with E-state index in [4.69, 9.17) is 5.73 Å². The van der Waals surface area contributed by atoms with Crippen LogP contribution in [0, 0.1) is 4.91 Å². The molecule has 0 radical (unpaired) electrons. The Morgan fingerprint density at radius 2 is 1.72 bits per heavy atom. The second-order valence-electron chi connectivity index (χ2n) is 4.90. The first kappa shape index (κ1) is 19.2. The Morgan fingerprint density at radius 1 is 1.12 bits per heavy atom. The van der Waals surface area contributed by atoms with E-state index in [0.717, 1.165) is 31.0 Å². The van der Waals surface area contributed by atoms with E-state index >= 15 is 0 Å². The Kier molecular flexibility index (Phi) is 4.41. The molecule has 25 heavy (non-hydrogen) atoms. The molecular weight excluding hydrogens is 389 g/mol. The van der Waals surface area contributed by atoms with Crippen LogP contribution >= 0.6 is 22.0 Å². The molecule has 0 fully saturated rings. The van der Waals surface area contributed by atoms with Gasteiger partial charge < -0.3 is 5.73 Å². The van der Waals surface area contributed by atoms with Crippen LogP contribution in [0.15, 0.2) is 46.3 Å². The summed E-state index contributed by atoms with van der Waals surface area (Å²) < 4.78 is 63.2. The molecule has 138 valence electrons. The Hall–Kier alpha value is -2.08. The standard InChI is InChI=1S/C13H13F5N3O2S2/c1-23-21(22)11-6-7-12(20-13(11)19)24-8-9-2-4-10(5-3-9)25(14,15,16,17)18/h2-7H,8H2,1H3,(H2,19,20)/q+1. The third-order valence-electron chi connectivity index (χ3n) is 2.99. The highest BCUT2D eigenvalue weighted by Crippen LogP contribution is 3.02. The number of nitrogens with two attached hydrogens (primary N) is 1. The predicted molar refractivity (Wildman–Crippen MR) is 86.3 cm³/mol. The molecule has 0 saturated carbocycles. The minimum atomic E-state index is -9.66. The Labute approximate surface area is 143 Å². The summed E-state index contributed by atoms with van der Waals surface area (Å²) in [5.74, 6) is 0.0932. The fourth-order valence-electron chi connectivity index (χ4n) is 1.78. The number of thioether (sulfide) groups is 1. The summed E-state index contributed by atoms with van der Waals surface area (Å²) >= 11 is 1.12. The summed E-state index contributed by atoms with van der Waals surface area (Å²) in [6, 6.07) is 5.51. The summed E-state index contributed by atoms with van der Waals surface area (Å²) in [6.45, 7) is 0. The van der Waals surface area contributed by atoms with Gasteiger partial charge in [-0.15, -0.1) is 11.8 Å². The lowest BCUT2D eigenvalue weighted by molar-refractivity contribution is -0.736. The van der Waals surface area contributed by atoms with Crippen LogP contribution in [-0.2, 0) is 10.6 Å². The number of rotatable bonds is 6. The van der Waals surface area contributed by atoms with Gasteiger partial charge in [0.15, 0.2) is 7.11 Å². The molecule has 12 heteroatoms. The van der Waals surface area contributed by atoms with Crippen molar-refractivity contribution in [1.82, 2.24) is 4.98 Å². The van der Waals surface area contributed by atoms with Crippen LogP contribution in [0.3, 0.4) is 0 Å². The molecule has 0 saturated heterocycles. The zero-order chi connectivity index (χ0) is 18.9. The molecule has 0 aliphatic heterocycles. The van der Waals surface area contributed by atoms with Crippen molar-refractivity contribution in [1.29, 1.82) is 0 Å². The summed E-state index contributed by atoms with van der Waals surface area (Å²) in [4.78, 5) is 18.0. The van der Waals surface area contributed by atoms with Crippen molar-refractivity contribution < 1.29 is 29.2 Å². The van der Waals surface area contributed by atoms with Gasteiger partial charge in [-0.05, 0) is 23.8 Å². The minimum absolute atomic E-state index is 0.00656. The van der Waals surface area contributed by atoms with Crippen molar-refractivity contribution in [2.24, 2.45) is 0 Å². The van der Waals surface area contributed by atoms with Gasteiger partial charge in [0.1, 0.15) is 4.90 Å². The van der Waals surface area contributed by atoms with Crippen molar-refractivity contribution >= 4 is 33.5 Å². The van der Waals surface area contributed by atoms with Crippen LogP contribution in [0.2, 0.25) is 0 Å². The Balaban J connectivity index is 2.10. The molecule has 0 atom stereocenters. The number of hydrogen-bond acceptors (Lipinski definition) is 5. The molecule has 2 rings (SSSR count). The van der Waals surface area contributed by atoms with Crippen molar-refractivity contribution in [2.45, 2.75) is 15.7 Å². The third-order valence-corrected chi connectivity index (χ3v) is 5.16. The summed E-state index contributed by atoms with van der Waals surface area (Å²) in [7, 11) is -8.50. The maximum atomic E-state index is 12.6. The molecule has 5 nitrogen and oxygen atoms in total. The van der Waals surface area contributed by atoms with Crippen LogP contribution in [0.1, 0.15) is 5.56 Å². The quantitative estimate of drug-likeness (QED) is 0.388. The maximum absolute atomic E-state index is 12.6. The van der Waals surface area contributed by atoms with Crippen molar-refractivity contribution in [3.05, 3.63) is 46.9 Å². The van der Waals surface area contributed by atoms with Gasteiger partial charge in [-0.3, -0.25) is 0 Å². The lowest BCUT2D eigenvalue weighted by Gasteiger charge is -2.40. The van der Waals surface area contributed by atoms with Crippen molar-refractivity contribution in [2.75, 3.05) is 12.8 Å². The maximum Gasteiger partial charge on any atom is 0.358 e. The zero-order valence-electron chi connectivity index (χ0n) is 12.7. The van der Waals surface area contributed by atoms with Crippen molar-refractivity contribution in [3.8, 4) is 0 Å². The van der Waals surface area contributed by atoms with Gasteiger partial charge in [-0.25, -0.2) is 9.82 Å². The highest BCUT2D eigenvalue weighted by atomic mass is 32.5. The monoisotopic (exact) mass is 402 g/mol. The van der Waals surface area contributed by atoms with Gasteiger partial charge in [-0.2, -0.15) is 0 Å². The summed E-state index contributed by atoms with van der Waals surface area (Å²) in [5.41, 5.74) is 6.01. The Bertz CT molecular complexity index is 813. The molecule has 1 aromatic carbocycles. The molecule has 0 bridgehead atoms. The first-order valence-electron chi connectivity index (χ1n) is 6.54. The normalized spacial score (nSPS) is 14.5. The summed E-state index contributed by atoms with van der Waals surface area (Å²) in [5, 5.41) is 0.405. The van der Waals surface area contributed by atoms with E-state index in [-0.39, 0.29) is 22.2 Å². The number of nitrogens with zero attached hydrogens (tertiary/aromatic N) is 2. The van der Waals surface area contributed by atoms with E-state index < -0.39 is 15.1 Å². The number of anilines is 1. The fourth-order valence-corrected chi connectivity index (χ4v) is 3.27. The van der Waals surface area contributed by atoms with Gasteiger partial charge in [0.05, 0.1) is 9.93 Å². The molecule has 2 aromatic rings. The van der Waals surface area contributed by atoms with E-state index in [1.54, 1.807) is 0 Å². The first-order valence-corrected chi connectivity index (χ1v) is 9.47. The second-order valence-corrected chi connectivity index (χ2v) is 8.30. The fraction of sp³-hybridized carbons (Fsp3) is 0.154. The number of hydrogen-bond donors (Lipinski definition) is 1. The SMILES string of the molecule is CO[N+](=O)c1ccc(SCc2ccc(S(F)(F)(F)(F)F)cc2)nc1N. The molecule has 1 aromatic heterocycles. The molecule has 0 spiro atoms. The van der Waals surface area contributed by atoms with Gasteiger partial charge in [0.25, 0.3) is 4.92 Å². The topological polar surface area (TPSA) is 68.2 Å². The van der Waals surface area contributed by atoms with Gasteiger partial charge in [-0.1, -0.05) is 31.6 Å². The predicted octanol–water partition coefficient (Wildman–Crippen LogP) is 5.59. The minimum Gasteiger partial charge on any atom is -0.378 e. The largest absolute Gasteiger partial charge is 0.378 e. The first-order chi connectivity index (χ1) is 11.3. The summed E-state index contributed by atoms with van der Waals surface area (Å²) in [6.07, 6.45) is 0. The van der Waals surface area contributed by atoms with E-state index in [1.165, 1.54) is 12.1 Å². The molecule has 2 N–H and O–H groups in total. The number of nitrogen functional groups attached to an aromatic ring is 1. The lowest BCUT2D eigenvalue weighted by Crippen LogP contribution is -2.05. The highest BCUT2D eigenvalue weighted by molar-refractivity contribution is 8.45. The smallest absolute Gasteiger partial charge is 0.358 e. The lowest BCUT2D eigenvalue weighted by atomic mass is 10.2. The van der Waals surface area contributed by atoms with E-state index in [9.17, 15) is 24.3 Å². The second kappa shape index (κ2) is 5.73.